The molecule has 0 spiro atoms. The number of rotatable bonds is 0. The van der Waals surface area contributed by atoms with Crippen LogP contribution in [0.15, 0.2) is 48.5 Å². The third kappa shape index (κ3) is 3.97. The topological polar surface area (TPSA) is 57.8 Å². The summed E-state index contributed by atoms with van der Waals surface area (Å²) < 4.78 is 10.2. The molecule has 31 heavy (non-hydrogen) atoms. The Balaban J connectivity index is 0.000000175. The molecule has 1 fully saturated rings. The van der Waals surface area contributed by atoms with Crippen LogP contribution in [0.3, 0.4) is 0 Å². The Morgan fingerprint density at radius 3 is 2.35 bits per heavy atom. The fourth-order valence-electron chi connectivity index (χ4n) is 4.16. The Morgan fingerprint density at radius 2 is 1.65 bits per heavy atom. The van der Waals surface area contributed by atoms with Crippen LogP contribution in [0.5, 0.6) is 11.5 Å². The molecule has 2 aromatic carbocycles. The second-order valence-corrected chi connectivity index (χ2v) is 7.77. The number of hydrogen-bond donors (Lipinski definition) is 1. The number of ether oxygens (including phenoxy) is 2. The molecule has 1 aromatic heterocycles. The Hall–Kier alpha value is -3.06. The summed E-state index contributed by atoms with van der Waals surface area (Å²) in [4.78, 5) is 19.2. The minimum atomic E-state index is 0.125. The molecule has 1 atom stereocenters. The van der Waals surface area contributed by atoms with Crippen LogP contribution in [-0.4, -0.2) is 45.7 Å². The largest absolute Gasteiger partial charge is 0.454 e. The normalized spacial score (nSPS) is 18.5. The number of aromatic nitrogens is 1. The third-order valence-electron chi connectivity index (χ3n) is 5.71. The van der Waals surface area contributed by atoms with Crippen LogP contribution in [0.4, 0.5) is 0 Å². The first-order valence-electron chi connectivity index (χ1n) is 10.6. The highest BCUT2D eigenvalue weighted by atomic mass is 32.1. The van der Waals surface area contributed by atoms with E-state index in [-0.39, 0.29) is 11.9 Å². The van der Waals surface area contributed by atoms with Crippen LogP contribution < -0.4 is 9.47 Å². The van der Waals surface area contributed by atoms with Gasteiger partial charge in [0.1, 0.15) is 0 Å². The van der Waals surface area contributed by atoms with E-state index in [0.29, 0.717) is 18.3 Å². The predicted octanol–water partition coefficient (Wildman–Crippen LogP) is 4.48. The number of thiocarbonyl (C=S) groups is 1. The fraction of sp³-hybridized carbons (Fsp3) is 0.333. The highest BCUT2D eigenvalue weighted by Gasteiger charge is 2.38. The minimum absolute atomic E-state index is 0.125. The molecule has 3 aromatic rings. The Labute approximate surface area is 187 Å². The van der Waals surface area contributed by atoms with E-state index in [1.807, 2.05) is 44.2 Å². The lowest BCUT2D eigenvalue weighted by molar-refractivity contribution is -0.129. The number of amides is 1. The van der Waals surface area contributed by atoms with E-state index in [9.17, 15) is 4.79 Å². The van der Waals surface area contributed by atoms with Crippen molar-refractivity contribution in [1.29, 1.82) is 0 Å². The number of carbonyl (C=O) groups excluding carboxylic acids is 1. The predicted molar refractivity (Wildman–Crippen MR) is 125 cm³/mol. The number of nitrogens with zero attached hydrogens (tertiary/aromatic N) is 2. The number of hydrogen-bond acceptors (Lipinski definition) is 4. The van der Waals surface area contributed by atoms with Gasteiger partial charge >= 0.3 is 0 Å². The molecule has 1 saturated heterocycles. The van der Waals surface area contributed by atoms with Gasteiger partial charge in [0.25, 0.3) is 0 Å². The van der Waals surface area contributed by atoms with Crippen molar-refractivity contribution >= 4 is 34.1 Å². The van der Waals surface area contributed by atoms with E-state index >= 15 is 0 Å². The lowest BCUT2D eigenvalue weighted by Gasteiger charge is -2.43. The van der Waals surface area contributed by atoms with Crippen molar-refractivity contribution in [1.82, 2.24) is 14.8 Å². The maximum atomic E-state index is 12.0. The molecule has 3 aliphatic heterocycles. The van der Waals surface area contributed by atoms with Crippen LogP contribution >= 0.6 is 12.2 Å². The molecule has 6 rings (SSSR count). The van der Waals surface area contributed by atoms with Gasteiger partial charge in [0, 0.05) is 36.1 Å². The number of carbonyl (C=O) groups is 1. The smallest absolute Gasteiger partial charge is 0.231 e. The van der Waals surface area contributed by atoms with E-state index in [2.05, 4.69) is 28.1 Å². The summed E-state index contributed by atoms with van der Waals surface area (Å²) in [7, 11) is 1.77. The van der Waals surface area contributed by atoms with Crippen molar-refractivity contribution in [2.45, 2.75) is 39.3 Å². The highest BCUT2D eigenvalue weighted by Crippen LogP contribution is 2.33. The minimum Gasteiger partial charge on any atom is -0.454 e. The highest BCUT2D eigenvalue weighted by molar-refractivity contribution is 7.80. The number of aromatic amines is 1. The molecule has 6 nitrogen and oxygen atoms in total. The average molecular weight is 438 g/mol. The van der Waals surface area contributed by atoms with E-state index in [4.69, 9.17) is 21.7 Å². The molecule has 1 amide bonds. The Kier molecular flexibility index (Phi) is 6.13. The first kappa shape index (κ1) is 21.2. The zero-order valence-electron chi connectivity index (χ0n) is 18.1. The molecule has 3 aliphatic rings. The Morgan fingerprint density at radius 1 is 1.00 bits per heavy atom. The van der Waals surface area contributed by atoms with Crippen molar-refractivity contribution in [2.75, 3.05) is 13.8 Å². The molecular weight excluding hydrogens is 410 g/mol. The molecule has 1 unspecified atom stereocenters. The van der Waals surface area contributed by atoms with Gasteiger partial charge in [-0.1, -0.05) is 44.2 Å². The van der Waals surface area contributed by atoms with Gasteiger partial charge in [-0.25, -0.2) is 0 Å². The van der Waals surface area contributed by atoms with E-state index in [1.165, 1.54) is 22.2 Å². The van der Waals surface area contributed by atoms with Gasteiger partial charge in [-0.05, 0) is 42.4 Å². The lowest BCUT2D eigenvalue weighted by atomic mass is 9.93. The summed E-state index contributed by atoms with van der Waals surface area (Å²) in [5.41, 5.74) is 3.75. The summed E-state index contributed by atoms with van der Waals surface area (Å²) in [6, 6.07) is 16.2. The maximum absolute atomic E-state index is 12.0. The number of H-pyrrole nitrogens is 1. The van der Waals surface area contributed by atoms with Gasteiger partial charge < -0.3 is 19.4 Å². The first-order valence-corrected chi connectivity index (χ1v) is 11.0. The summed E-state index contributed by atoms with van der Waals surface area (Å²) >= 11 is 5.43. The van der Waals surface area contributed by atoms with Crippen LogP contribution in [0, 0.1) is 0 Å². The molecule has 0 aliphatic carbocycles. The molecule has 4 heterocycles. The molecule has 7 heteroatoms. The monoisotopic (exact) mass is 437 g/mol. The number of fused-ring (bicyclic) bond motifs is 5. The number of para-hydroxylation sites is 3. The van der Waals surface area contributed by atoms with Gasteiger partial charge in [0.05, 0.1) is 6.54 Å². The number of nitrogens with one attached hydrogen (secondary N) is 1. The summed E-state index contributed by atoms with van der Waals surface area (Å²) in [5.74, 6) is 1.81. The van der Waals surface area contributed by atoms with Crippen molar-refractivity contribution in [3.63, 3.8) is 0 Å². The molecule has 0 saturated carbocycles. The molecule has 0 radical (unpaired) electrons. The van der Waals surface area contributed by atoms with Gasteiger partial charge in [-0.15, -0.1) is 0 Å². The fourth-order valence-corrected chi connectivity index (χ4v) is 4.47. The van der Waals surface area contributed by atoms with Crippen molar-refractivity contribution in [2.24, 2.45) is 0 Å². The second kappa shape index (κ2) is 8.98. The number of benzene rings is 2. The van der Waals surface area contributed by atoms with Gasteiger partial charge in [-0.2, -0.15) is 0 Å². The second-order valence-electron chi connectivity index (χ2n) is 7.41. The van der Waals surface area contributed by atoms with Crippen LogP contribution in [-0.2, 0) is 17.8 Å². The van der Waals surface area contributed by atoms with Crippen molar-refractivity contribution in [3.05, 3.63) is 59.8 Å². The molecule has 0 bridgehead atoms. The standard InChI is InChI=1S/C15H15N3OS.C7H6O2.C2H6/c1-17-14(19)7-9-6-11-10-4-2-3-5-12(10)16-13(11)8-18(9)15(17)20;1-2-4-7-6(3-1)8-5-9-7;1-2/h2-5,9,16H,6-8H2,1H3;1-4H,5H2;1-2H3. The van der Waals surface area contributed by atoms with E-state index in [0.717, 1.165) is 24.5 Å². The van der Waals surface area contributed by atoms with E-state index in [1.54, 1.807) is 11.9 Å². The van der Waals surface area contributed by atoms with Gasteiger partial charge in [0.2, 0.25) is 12.7 Å². The SMILES string of the molecule is CC.CN1C(=O)CC2Cc3c([nH]c4ccccc34)CN2C1=S.c1ccc2c(c1)OCO2. The van der Waals surface area contributed by atoms with Crippen LogP contribution in [0.25, 0.3) is 10.9 Å². The van der Waals surface area contributed by atoms with Gasteiger partial charge in [-0.3, -0.25) is 9.69 Å². The summed E-state index contributed by atoms with van der Waals surface area (Å²) in [6.07, 6.45) is 1.44. The van der Waals surface area contributed by atoms with Crippen LogP contribution in [0.2, 0.25) is 0 Å². The Bertz CT molecular complexity index is 1090. The zero-order valence-corrected chi connectivity index (χ0v) is 18.9. The molecular formula is C24H27N3O3S. The quantitative estimate of drug-likeness (QED) is 0.526. The average Bonchev–Trinajstić information content (AvgIpc) is 3.43. The first-order chi connectivity index (χ1) is 15.1. The lowest BCUT2D eigenvalue weighted by Crippen LogP contribution is -2.56. The van der Waals surface area contributed by atoms with E-state index < -0.39 is 0 Å². The summed E-state index contributed by atoms with van der Waals surface area (Å²) in [6.45, 7) is 5.13. The van der Waals surface area contributed by atoms with Crippen molar-refractivity contribution < 1.29 is 14.3 Å². The third-order valence-corrected chi connectivity index (χ3v) is 6.21. The van der Waals surface area contributed by atoms with Crippen molar-refractivity contribution in [3.8, 4) is 11.5 Å². The molecule has 1 N–H and O–H groups in total. The molecule has 162 valence electrons. The van der Waals surface area contributed by atoms with Gasteiger partial charge in [0.15, 0.2) is 16.6 Å². The van der Waals surface area contributed by atoms with Crippen LogP contribution in [0.1, 0.15) is 31.5 Å². The maximum Gasteiger partial charge on any atom is 0.231 e. The summed E-state index contributed by atoms with van der Waals surface area (Å²) in [5, 5.41) is 1.93. The zero-order chi connectivity index (χ0) is 22.0.